The van der Waals surface area contributed by atoms with Crippen LogP contribution < -0.4 is 0 Å². The Morgan fingerprint density at radius 2 is 2.23 bits per heavy atom. The van der Waals surface area contributed by atoms with Gasteiger partial charge >= 0.3 is 0 Å². The van der Waals surface area contributed by atoms with Crippen molar-refractivity contribution < 1.29 is 5.11 Å². The molecule has 2 nitrogen and oxygen atoms in total. The van der Waals surface area contributed by atoms with Gasteiger partial charge in [0.05, 0.1) is 8.27 Å². The van der Waals surface area contributed by atoms with E-state index in [1.807, 2.05) is 12.1 Å². The van der Waals surface area contributed by atoms with Gasteiger partial charge < -0.3 is 5.11 Å². The van der Waals surface area contributed by atoms with Gasteiger partial charge in [0, 0.05) is 0 Å². The molecule has 13 heavy (non-hydrogen) atoms. The molecular weight excluding hydrogens is 297 g/mol. The predicted molar refractivity (Wildman–Crippen MR) is 60.9 cm³/mol. The first-order valence-corrected chi connectivity index (χ1v) is 5.43. The van der Waals surface area contributed by atoms with E-state index in [9.17, 15) is 5.11 Å². The number of hydrogen-bond donors (Lipinski definition) is 1. The molecule has 2 aromatic rings. The van der Waals surface area contributed by atoms with Crippen molar-refractivity contribution in [2.75, 3.05) is 0 Å². The third-order valence-electron chi connectivity index (χ3n) is 1.72. The third-order valence-corrected chi connectivity index (χ3v) is 3.65. The molecule has 0 aliphatic heterocycles. The number of nitriles is 1. The summed E-state index contributed by atoms with van der Waals surface area (Å²) in [6.07, 6.45) is 0. The molecule has 1 N–H and O–H groups in total. The van der Waals surface area contributed by atoms with Crippen molar-refractivity contribution in [3.63, 3.8) is 0 Å². The number of rotatable bonds is 0. The van der Waals surface area contributed by atoms with Gasteiger partial charge in [-0.05, 0) is 40.1 Å². The topological polar surface area (TPSA) is 44.0 Å². The highest BCUT2D eigenvalue weighted by Gasteiger charge is 2.07. The molecule has 0 saturated carbocycles. The lowest BCUT2D eigenvalue weighted by molar-refractivity contribution is 0.479. The standard InChI is InChI=1S/C9H4INOS/c10-7-2-1-5-3-6(4-11)13-9(5)8(7)12/h1-3,12H. The molecule has 0 saturated heterocycles. The number of aromatic hydroxyl groups is 1. The van der Waals surface area contributed by atoms with Gasteiger partial charge in [-0.15, -0.1) is 11.3 Å². The average molecular weight is 301 g/mol. The highest BCUT2D eigenvalue weighted by Crippen LogP contribution is 2.35. The van der Waals surface area contributed by atoms with Crippen LogP contribution in [0.15, 0.2) is 18.2 Å². The van der Waals surface area contributed by atoms with Crippen LogP contribution in [0.3, 0.4) is 0 Å². The Hall–Kier alpha value is -0.800. The van der Waals surface area contributed by atoms with Gasteiger partial charge in [-0.3, -0.25) is 0 Å². The second-order valence-corrected chi connectivity index (χ2v) is 4.75. The summed E-state index contributed by atoms with van der Waals surface area (Å²) < 4.78 is 1.61. The van der Waals surface area contributed by atoms with Gasteiger partial charge in [0.1, 0.15) is 16.7 Å². The molecular formula is C9H4INOS. The van der Waals surface area contributed by atoms with Crippen LogP contribution in [-0.2, 0) is 0 Å². The van der Waals surface area contributed by atoms with Gasteiger partial charge in [0.2, 0.25) is 0 Å². The number of hydrogen-bond acceptors (Lipinski definition) is 3. The smallest absolute Gasteiger partial charge is 0.146 e. The van der Waals surface area contributed by atoms with Crippen LogP contribution in [0.1, 0.15) is 4.88 Å². The molecule has 1 aromatic heterocycles. The van der Waals surface area contributed by atoms with E-state index in [1.54, 1.807) is 6.07 Å². The Balaban J connectivity index is 2.86. The number of nitrogens with zero attached hydrogens (tertiary/aromatic N) is 1. The lowest BCUT2D eigenvalue weighted by Gasteiger charge is -1.96. The summed E-state index contributed by atoms with van der Waals surface area (Å²) in [6, 6.07) is 7.61. The van der Waals surface area contributed by atoms with Gasteiger partial charge in [-0.1, -0.05) is 6.07 Å². The molecule has 0 atom stereocenters. The Morgan fingerprint density at radius 3 is 2.92 bits per heavy atom. The monoisotopic (exact) mass is 301 g/mol. The number of thiophene rings is 1. The van der Waals surface area contributed by atoms with E-state index in [-0.39, 0.29) is 5.75 Å². The predicted octanol–water partition coefficient (Wildman–Crippen LogP) is 3.08. The zero-order valence-electron chi connectivity index (χ0n) is 6.41. The summed E-state index contributed by atoms with van der Waals surface area (Å²) in [4.78, 5) is 0.632. The molecule has 1 aromatic carbocycles. The molecule has 64 valence electrons. The van der Waals surface area contributed by atoms with Crippen molar-refractivity contribution in [1.29, 1.82) is 5.26 Å². The van der Waals surface area contributed by atoms with E-state index in [2.05, 4.69) is 28.7 Å². The van der Waals surface area contributed by atoms with Crippen LogP contribution in [0.2, 0.25) is 0 Å². The average Bonchev–Trinajstić information content (AvgIpc) is 2.55. The summed E-state index contributed by atoms with van der Waals surface area (Å²) >= 11 is 3.39. The van der Waals surface area contributed by atoms with Gasteiger partial charge in [0.25, 0.3) is 0 Å². The second kappa shape index (κ2) is 3.16. The molecule has 0 radical (unpaired) electrons. The Labute approximate surface area is 92.6 Å². The van der Waals surface area contributed by atoms with Crippen LogP contribution >= 0.6 is 33.9 Å². The van der Waals surface area contributed by atoms with E-state index in [1.165, 1.54) is 11.3 Å². The van der Waals surface area contributed by atoms with Crippen LogP contribution in [0.5, 0.6) is 5.75 Å². The molecule has 0 unspecified atom stereocenters. The van der Waals surface area contributed by atoms with E-state index >= 15 is 0 Å². The maximum Gasteiger partial charge on any atom is 0.146 e. The maximum absolute atomic E-state index is 9.66. The minimum absolute atomic E-state index is 0.282. The second-order valence-electron chi connectivity index (χ2n) is 2.54. The summed E-state index contributed by atoms with van der Waals surface area (Å²) in [6.45, 7) is 0. The fourth-order valence-electron chi connectivity index (χ4n) is 1.12. The minimum Gasteiger partial charge on any atom is -0.505 e. The van der Waals surface area contributed by atoms with Crippen molar-refractivity contribution in [2.45, 2.75) is 0 Å². The van der Waals surface area contributed by atoms with Crippen molar-refractivity contribution in [3.8, 4) is 11.8 Å². The fourth-order valence-corrected chi connectivity index (χ4v) is 2.65. The number of benzene rings is 1. The van der Waals surface area contributed by atoms with Crippen LogP contribution in [0, 0.1) is 14.9 Å². The molecule has 0 amide bonds. The first-order chi connectivity index (χ1) is 6.22. The number of phenolic OH excluding ortho intramolecular Hbond substituents is 1. The zero-order chi connectivity index (χ0) is 9.42. The number of halogens is 1. The quantitative estimate of drug-likeness (QED) is 0.760. The Morgan fingerprint density at radius 1 is 1.46 bits per heavy atom. The molecule has 2 rings (SSSR count). The molecule has 0 bridgehead atoms. The van der Waals surface area contributed by atoms with E-state index < -0.39 is 0 Å². The summed E-state index contributed by atoms with van der Waals surface area (Å²) in [5, 5.41) is 19.3. The Bertz CT molecular complexity index is 512. The van der Waals surface area contributed by atoms with Crippen molar-refractivity contribution in [3.05, 3.63) is 26.6 Å². The van der Waals surface area contributed by atoms with Gasteiger partial charge in [-0.2, -0.15) is 5.26 Å². The summed E-state index contributed by atoms with van der Waals surface area (Å²) in [5.41, 5.74) is 0. The summed E-state index contributed by atoms with van der Waals surface area (Å²) in [5.74, 6) is 0.282. The van der Waals surface area contributed by atoms with Gasteiger partial charge in [-0.25, -0.2) is 0 Å². The molecule has 4 heteroatoms. The lowest BCUT2D eigenvalue weighted by Crippen LogP contribution is -1.71. The van der Waals surface area contributed by atoms with E-state index in [4.69, 9.17) is 5.26 Å². The van der Waals surface area contributed by atoms with Crippen LogP contribution in [0.25, 0.3) is 10.1 Å². The van der Waals surface area contributed by atoms with Crippen LogP contribution in [-0.4, -0.2) is 5.11 Å². The SMILES string of the molecule is N#Cc1cc2ccc(I)c(O)c2s1. The lowest BCUT2D eigenvalue weighted by atomic mass is 10.2. The molecule has 0 fully saturated rings. The molecule has 0 spiro atoms. The van der Waals surface area contributed by atoms with E-state index in [0.29, 0.717) is 4.88 Å². The molecule has 1 heterocycles. The third kappa shape index (κ3) is 1.38. The normalized spacial score (nSPS) is 10.2. The largest absolute Gasteiger partial charge is 0.505 e. The van der Waals surface area contributed by atoms with E-state index in [0.717, 1.165) is 13.7 Å². The van der Waals surface area contributed by atoms with Crippen LogP contribution in [0.4, 0.5) is 0 Å². The Kier molecular flexibility index (Phi) is 2.14. The first-order valence-electron chi connectivity index (χ1n) is 3.53. The molecule has 0 aliphatic carbocycles. The summed E-state index contributed by atoms with van der Waals surface area (Å²) in [7, 11) is 0. The highest BCUT2D eigenvalue weighted by atomic mass is 127. The highest BCUT2D eigenvalue weighted by molar-refractivity contribution is 14.1. The number of fused-ring (bicyclic) bond motifs is 1. The van der Waals surface area contributed by atoms with Gasteiger partial charge in [0.15, 0.2) is 0 Å². The minimum atomic E-state index is 0.282. The fraction of sp³-hybridized carbons (Fsp3) is 0. The van der Waals surface area contributed by atoms with Crippen molar-refractivity contribution >= 4 is 44.0 Å². The number of phenols is 1. The first kappa shape index (κ1) is 8.78. The van der Waals surface area contributed by atoms with Crippen molar-refractivity contribution in [2.24, 2.45) is 0 Å². The maximum atomic E-state index is 9.66. The molecule has 0 aliphatic rings. The zero-order valence-corrected chi connectivity index (χ0v) is 9.39. The van der Waals surface area contributed by atoms with Crippen molar-refractivity contribution in [1.82, 2.24) is 0 Å².